The highest BCUT2D eigenvalue weighted by atomic mass is 16.5. The summed E-state index contributed by atoms with van der Waals surface area (Å²) in [5, 5.41) is 0. The van der Waals surface area contributed by atoms with Crippen molar-refractivity contribution >= 4 is 12.0 Å². The number of benzene rings is 1. The molecule has 0 amide bonds. The number of carbonyl (C=O) groups is 1. The predicted molar refractivity (Wildman–Crippen MR) is 137 cm³/mol. The first-order valence-electron chi connectivity index (χ1n) is 13.3. The van der Waals surface area contributed by atoms with Crippen molar-refractivity contribution in [2.45, 2.75) is 117 Å². The third-order valence-electron chi connectivity index (χ3n) is 5.85. The van der Waals surface area contributed by atoms with Crippen LogP contribution in [0.25, 0.3) is 6.08 Å². The number of rotatable bonds is 21. The fraction of sp³-hybridized carbons (Fsp3) is 0.690. The number of esters is 1. The standard InChI is InChI=1S/C29H48O3/c1-3-5-6-7-8-9-10-11-12-13-14-15-16-17-18-19-26-32-28-23-20-27(21-24-28)22-25-29(30)31-4-2/h20-25H,3-19,26H2,1-2H3/b25-22+. The summed E-state index contributed by atoms with van der Waals surface area (Å²) in [5.74, 6) is 0.579. The lowest BCUT2D eigenvalue weighted by molar-refractivity contribution is -0.137. The van der Waals surface area contributed by atoms with Gasteiger partial charge in [0.05, 0.1) is 13.2 Å². The van der Waals surface area contributed by atoms with Crippen molar-refractivity contribution in [3.8, 4) is 5.75 Å². The van der Waals surface area contributed by atoms with E-state index >= 15 is 0 Å². The molecule has 1 aromatic carbocycles. The summed E-state index contributed by atoms with van der Waals surface area (Å²) in [5.41, 5.74) is 0.966. The van der Waals surface area contributed by atoms with Gasteiger partial charge in [-0.1, -0.05) is 115 Å². The van der Waals surface area contributed by atoms with Gasteiger partial charge in [-0.25, -0.2) is 4.79 Å². The molecule has 0 aliphatic heterocycles. The Bertz CT molecular complexity index is 577. The summed E-state index contributed by atoms with van der Waals surface area (Å²) in [7, 11) is 0. The van der Waals surface area contributed by atoms with Crippen LogP contribution in [0.5, 0.6) is 5.75 Å². The minimum atomic E-state index is -0.309. The molecule has 0 aliphatic carbocycles. The minimum absolute atomic E-state index is 0.309. The van der Waals surface area contributed by atoms with Crippen LogP contribution in [0.4, 0.5) is 0 Å². The van der Waals surface area contributed by atoms with Crippen molar-refractivity contribution in [1.29, 1.82) is 0 Å². The first-order valence-corrected chi connectivity index (χ1v) is 13.3. The smallest absolute Gasteiger partial charge is 0.330 e. The van der Waals surface area contributed by atoms with Gasteiger partial charge in [0, 0.05) is 6.08 Å². The van der Waals surface area contributed by atoms with Gasteiger partial charge < -0.3 is 9.47 Å². The van der Waals surface area contributed by atoms with E-state index in [1.807, 2.05) is 24.3 Å². The molecular formula is C29H48O3. The zero-order valence-corrected chi connectivity index (χ0v) is 20.9. The van der Waals surface area contributed by atoms with Crippen LogP contribution in [-0.2, 0) is 9.53 Å². The second-order valence-electron chi connectivity index (χ2n) is 8.81. The Morgan fingerprint density at radius 2 is 1.16 bits per heavy atom. The first kappa shape index (κ1) is 28.3. The molecule has 0 saturated carbocycles. The van der Waals surface area contributed by atoms with Crippen LogP contribution < -0.4 is 4.74 Å². The molecule has 3 heteroatoms. The average molecular weight is 445 g/mol. The van der Waals surface area contributed by atoms with Crippen LogP contribution in [0, 0.1) is 0 Å². The third kappa shape index (κ3) is 16.9. The number of carbonyl (C=O) groups excluding carboxylic acids is 1. The lowest BCUT2D eigenvalue weighted by atomic mass is 10.0. The molecule has 0 fully saturated rings. The zero-order chi connectivity index (χ0) is 23.1. The molecule has 0 spiro atoms. The Labute approximate surface area is 198 Å². The Morgan fingerprint density at radius 1 is 0.688 bits per heavy atom. The van der Waals surface area contributed by atoms with Gasteiger partial charge in [-0.15, -0.1) is 0 Å². The van der Waals surface area contributed by atoms with E-state index in [1.165, 1.54) is 102 Å². The maximum Gasteiger partial charge on any atom is 0.330 e. The average Bonchev–Trinajstić information content (AvgIpc) is 2.80. The Morgan fingerprint density at radius 3 is 1.62 bits per heavy atom. The summed E-state index contributed by atoms with van der Waals surface area (Å²) in [6.45, 7) is 5.26. The quantitative estimate of drug-likeness (QED) is 0.108. The molecular weight excluding hydrogens is 396 g/mol. The molecule has 0 aromatic heterocycles. The van der Waals surface area contributed by atoms with E-state index in [-0.39, 0.29) is 5.97 Å². The van der Waals surface area contributed by atoms with E-state index in [2.05, 4.69) is 6.92 Å². The predicted octanol–water partition coefficient (Wildman–Crippen LogP) is 8.90. The maximum absolute atomic E-state index is 11.3. The summed E-state index contributed by atoms with van der Waals surface area (Å²) in [6, 6.07) is 7.83. The molecule has 32 heavy (non-hydrogen) atoms. The van der Waals surface area contributed by atoms with E-state index in [1.54, 1.807) is 13.0 Å². The molecule has 3 nitrogen and oxygen atoms in total. The van der Waals surface area contributed by atoms with Crippen molar-refractivity contribution in [2.75, 3.05) is 13.2 Å². The molecule has 182 valence electrons. The zero-order valence-electron chi connectivity index (χ0n) is 20.9. The van der Waals surface area contributed by atoms with E-state index in [9.17, 15) is 4.79 Å². The van der Waals surface area contributed by atoms with Crippen LogP contribution in [0.2, 0.25) is 0 Å². The summed E-state index contributed by atoms with van der Waals surface area (Å²) < 4.78 is 10.7. The minimum Gasteiger partial charge on any atom is -0.494 e. The highest BCUT2D eigenvalue weighted by Crippen LogP contribution is 2.16. The first-order chi connectivity index (χ1) is 15.8. The van der Waals surface area contributed by atoms with Gasteiger partial charge in [0.15, 0.2) is 0 Å². The Kier molecular flexibility index (Phi) is 18.6. The molecule has 0 radical (unpaired) electrons. The number of ether oxygens (including phenoxy) is 2. The molecule has 0 unspecified atom stereocenters. The van der Waals surface area contributed by atoms with Crippen LogP contribution in [0.1, 0.15) is 122 Å². The summed E-state index contributed by atoms with van der Waals surface area (Å²) >= 11 is 0. The van der Waals surface area contributed by atoms with Gasteiger partial charge in [-0.05, 0) is 37.1 Å². The van der Waals surface area contributed by atoms with Gasteiger partial charge in [0.25, 0.3) is 0 Å². The molecule has 0 aliphatic rings. The van der Waals surface area contributed by atoms with Crippen molar-refractivity contribution in [3.63, 3.8) is 0 Å². The van der Waals surface area contributed by atoms with Gasteiger partial charge in [-0.2, -0.15) is 0 Å². The van der Waals surface area contributed by atoms with E-state index in [0.29, 0.717) is 6.61 Å². The molecule has 0 saturated heterocycles. The van der Waals surface area contributed by atoms with Gasteiger partial charge in [-0.3, -0.25) is 0 Å². The number of unbranched alkanes of at least 4 members (excludes halogenated alkanes) is 15. The molecule has 1 rings (SSSR count). The Balaban J connectivity index is 1.88. The van der Waals surface area contributed by atoms with Gasteiger partial charge >= 0.3 is 5.97 Å². The van der Waals surface area contributed by atoms with Crippen LogP contribution >= 0.6 is 0 Å². The molecule has 0 heterocycles. The monoisotopic (exact) mass is 444 g/mol. The van der Waals surface area contributed by atoms with Gasteiger partial charge in [0.1, 0.15) is 5.75 Å². The fourth-order valence-corrected chi connectivity index (χ4v) is 3.87. The van der Waals surface area contributed by atoms with Gasteiger partial charge in [0.2, 0.25) is 0 Å². The van der Waals surface area contributed by atoms with Crippen molar-refractivity contribution in [3.05, 3.63) is 35.9 Å². The Hall–Kier alpha value is -1.77. The second-order valence-corrected chi connectivity index (χ2v) is 8.81. The normalized spacial score (nSPS) is 11.2. The topological polar surface area (TPSA) is 35.5 Å². The van der Waals surface area contributed by atoms with E-state index in [4.69, 9.17) is 9.47 Å². The lowest BCUT2D eigenvalue weighted by Crippen LogP contribution is -1.98. The van der Waals surface area contributed by atoms with E-state index < -0.39 is 0 Å². The largest absolute Gasteiger partial charge is 0.494 e. The summed E-state index contributed by atoms with van der Waals surface area (Å²) in [4.78, 5) is 11.3. The number of hydrogen-bond donors (Lipinski definition) is 0. The SMILES string of the molecule is CCCCCCCCCCCCCCCCCCOc1ccc(/C=C/C(=O)OCC)cc1. The van der Waals surface area contributed by atoms with Crippen molar-refractivity contribution in [2.24, 2.45) is 0 Å². The van der Waals surface area contributed by atoms with Crippen molar-refractivity contribution in [1.82, 2.24) is 0 Å². The van der Waals surface area contributed by atoms with Crippen molar-refractivity contribution < 1.29 is 14.3 Å². The maximum atomic E-state index is 11.3. The second kappa shape index (κ2) is 21.1. The molecule has 0 bridgehead atoms. The number of hydrogen-bond acceptors (Lipinski definition) is 3. The fourth-order valence-electron chi connectivity index (χ4n) is 3.87. The molecule has 0 atom stereocenters. The van der Waals surface area contributed by atoms with Crippen LogP contribution in [0.15, 0.2) is 30.3 Å². The highest BCUT2D eigenvalue weighted by molar-refractivity contribution is 5.87. The van der Waals surface area contributed by atoms with Crippen LogP contribution in [-0.4, -0.2) is 19.2 Å². The van der Waals surface area contributed by atoms with E-state index in [0.717, 1.165) is 24.3 Å². The van der Waals surface area contributed by atoms with Crippen LogP contribution in [0.3, 0.4) is 0 Å². The third-order valence-corrected chi connectivity index (χ3v) is 5.85. The lowest BCUT2D eigenvalue weighted by Gasteiger charge is -2.07. The summed E-state index contributed by atoms with van der Waals surface area (Å²) in [6.07, 6.45) is 25.3. The molecule has 0 N–H and O–H groups in total. The molecule has 1 aromatic rings. The highest BCUT2D eigenvalue weighted by Gasteiger charge is 1.98.